The highest BCUT2D eigenvalue weighted by Gasteiger charge is 2.38. The minimum absolute atomic E-state index is 0.0158. The van der Waals surface area contributed by atoms with Crippen LogP contribution in [0.4, 0.5) is 18.9 Å². The molecule has 1 heterocycles. The number of carboxylic acids is 1. The number of hydrogen-bond acceptors (Lipinski definition) is 10. The van der Waals surface area contributed by atoms with Crippen LogP contribution in [0.15, 0.2) is 72.8 Å². The average molecular weight is 866 g/mol. The third-order valence-corrected chi connectivity index (χ3v) is 9.91. The van der Waals surface area contributed by atoms with Crippen molar-refractivity contribution in [3.63, 3.8) is 0 Å². The number of ketones is 2. The van der Waals surface area contributed by atoms with Gasteiger partial charge in [0.15, 0.2) is 11.6 Å². The Labute approximate surface area is 355 Å². The number of carbonyl (C=O) groups excluding carboxylic acids is 7. The van der Waals surface area contributed by atoms with Crippen molar-refractivity contribution in [3.05, 3.63) is 101 Å². The van der Waals surface area contributed by atoms with Gasteiger partial charge in [0.25, 0.3) is 0 Å². The van der Waals surface area contributed by atoms with Crippen LogP contribution in [0.25, 0.3) is 0 Å². The first kappa shape index (κ1) is 48.0. The molecule has 2 aliphatic rings. The summed E-state index contributed by atoms with van der Waals surface area (Å²) in [5, 5.41) is 21.3. The minimum atomic E-state index is -5.08. The Bertz CT molecular complexity index is 2130. The van der Waals surface area contributed by atoms with Crippen molar-refractivity contribution in [2.75, 3.05) is 38.0 Å². The molecule has 0 saturated carbocycles. The molecule has 3 aromatic rings. The maximum atomic E-state index is 13.4. The van der Waals surface area contributed by atoms with Crippen LogP contribution in [0.5, 0.6) is 0 Å². The number of rotatable bonds is 17. The number of alkyl halides is 3. The fourth-order valence-corrected chi connectivity index (χ4v) is 6.95. The Morgan fingerprint density at radius 2 is 1.44 bits per heavy atom. The number of nitrogens with two attached hydrogens (primary N) is 1. The van der Waals surface area contributed by atoms with Gasteiger partial charge in [-0.3, -0.25) is 33.6 Å². The summed E-state index contributed by atoms with van der Waals surface area (Å²) in [4.78, 5) is 102. The highest BCUT2D eigenvalue weighted by atomic mass is 19.4. The fraction of sp³-hybridized carbons (Fsp3) is 0.395. The van der Waals surface area contributed by atoms with Crippen LogP contribution in [-0.2, 0) is 35.2 Å². The molecule has 8 N–H and O–H groups in total. The molecule has 62 heavy (non-hydrogen) atoms. The van der Waals surface area contributed by atoms with E-state index in [1.54, 1.807) is 42.5 Å². The first-order valence-electron chi connectivity index (χ1n) is 20.0. The summed E-state index contributed by atoms with van der Waals surface area (Å²) in [6.07, 6.45) is -3.00. The predicted molar refractivity (Wildman–Crippen MR) is 220 cm³/mol. The Morgan fingerprint density at radius 1 is 0.806 bits per heavy atom. The van der Waals surface area contributed by atoms with Crippen LogP contribution in [0.2, 0.25) is 0 Å². The summed E-state index contributed by atoms with van der Waals surface area (Å²) in [5.74, 6) is -5.50. The summed E-state index contributed by atoms with van der Waals surface area (Å²) < 4.78 is 31.7. The van der Waals surface area contributed by atoms with Crippen molar-refractivity contribution < 1.29 is 56.6 Å². The van der Waals surface area contributed by atoms with Crippen LogP contribution in [0.1, 0.15) is 76.9 Å². The second-order valence-corrected chi connectivity index (χ2v) is 15.0. The van der Waals surface area contributed by atoms with Gasteiger partial charge in [0.1, 0.15) is 18.1 Å². The molecule has 3 atom stereocenters. The minimum Gasteiger partial charge on any atom is -0.475 e. The van der Waals surface area contributed by atoms with Crippen molar-refractivity contribution in [1.29, 1.82) is 0 Å². The van der Waals surface area contributed by atoms with E-state index in [9.17, 15) is 46.7 Å². The number of halogens is 3. The van der Waals surface area contributed by atoms with Gasteiger partial charge < -0.3 is 42.3 Å². The number of hydrogen-bond donors (Lipinski definition) is 7. The number of fused-ring (bicyclic) bond motifs is 2. The third-order valence-electron chi connectivity index (χ3n) is 9.91. The Kier molecular flexibility index (Phi) is 17.3. The Morgan fingerprint density at radius 3 is 2.06 bits per heavy atom. The van der Waals surface area contributed by atoms with E-state index in [2.05, 4.69) is 26.6 Å². The van der Waals surface area contributed by atoms with Gasteiger partial charge in [-0.25, -0.2) is 4.79 Å². The lowest BCUT2D eigenvalue weighted by atomic mass is 9.83. The molecule has 3 aromatic carbocycles. The molecule has 16 nitrogen and oxygen atoms in total. The number of amides is 5. The van der Waals surface area contributed by atoms with Gasteiger partial charge in [-0.15, -0.1) is 0 Å². The van der Waals surface area contributed by atoms with E-state index < -0.39 is 53.9 Å². The molecule has 19 heteroatoms. The number of aliphatic carboxylic acids is 1. The predicted octanol–water partition coefficient (Wildman–Crippen LogP) is 2.34. The van der Waals surface area contributed by atoms with Crippen molar-refractivity contribution in [1.82, 2.24) is 26.2 Å². The normalized spacial score (nSPS) is 15.2. The zero-order valence-corrected chi connectivity index (χ0v) is 34.2. The van der Waals surface area contributed by atoms with E-state index >= 15 is 0 Å². The first-order chi connectivity index (χ1) is 29.4. The lowest BCUT2D eigenvalue weighted by Crippen LogP contribution is -2.56. The third kappa shape index (κ3) is 13.2. The molecule has 0 aromatic heterocycles. The lowest BCUT2D eigenvalue weighted by molar-refractivity contribution is -0.192. The van der Waals surface area contributed by atoms with Gasteiger partial charge in [0.05, 0.1) is 18.7 Å². The van der Waals surface area contributed by atoms with Crippen LogP contribution in [-0.4, -0.2) is 114 Å². The maximum absolute atomic E-state index is 13.4. The fourth-order valence-electron chi connectivity index (χ4n) is 6.95. The largest absolute Gasteiger partial charge is 0.490 e. The molecular formula is C43H50F3N7O9. The molecule has 332 valence electrons. The molecule has 0 unspecified atom stereocenters. The van der Waals surface area contributed by atoms with Crippen molar-refractivity contribution in [3.8, 4) is 0 Å². The topological polar surface area (TPSA) is 246 Å². The monoisotopic (exact) mass is 865 g/mol. The van der Waals surface area contributed by atoms with Gasteiger partial charge >= 0.3 is 12.1 Å². The van der Waals surface area contributed by atoms with Crippen LogP contribution in [0.3, 0.4) is 0 Å². The van der Waals surface area contributed by atoms with Gasteiger partial charge in [0, 0.05) is 48.4 Å². The molecule has 0 radical (unpaired) electrons. The van der Waals surface area contributed by atoms with Gasteiger partial charge in [-0.1, -0.05) is 80.6 Å². The van der Waals surface area contributed by atoms with E-state index in [0.29, 0.717) is 66.8 Å². The highest BCUT2D eigenvalue weighted by Crippen LogP contribution is 2.32. The molecule has 1 saturated heterocycles. The van der Waals surface area contributed by atoms with Crippen molar-refractivity contribution >= 4 is 52.8 Å². The standard InChI is InChI=1S/C41H49N7O7.C2HF3O2/c1-25(2)21-31(47-40(54)32(46-34(49)23-42)22-26-11-4-3-5-12-26)39(53)45-24-35(50)48-20-9-17-33(48)41(55)44-19-10-18-43-30-16-8-15-29-36(30)38(52)28-14-7-6-13-27(28)37(29)51;3-2(4,5)1(6)7/h3-8,11-16,25,31-33,43H,9-10,17-24,42H2,1-2H3,(H,44,55)(H,45,53)(H,46,49)(H,47,54);(H,6,7)/t31-,32-,33+;/m0./s1. The van der Waals surface area contributed by atoms with E-state index in [-0.39, 0.29) is 49.3 Å². The molecule has 0 spiro atoms. The van der Waals surface area contributed by atoms with Crippen LogP contribution < -0.4 is 32.3 Å². The molecular weight excluding hydrogens is 816 g/mol. The maximum Gasteiger partial charge on any atom is 0.490 e. The highest BCUT2D eigenvalue weighted by molar-refractivity contribution is 6.30. The summed E-state index contributed by atoms with van der Waals surface area (Å²) in [6, 6.07) is 18.4. The number of benzene rings is 3. The van der Waals surface area contributed by atoms with Crippen molar-refractivity contribution in [2.24, 2.45) is 11.7 Å². The number of anilines is 1. The smallest absolute Gasteiger partial charge is 0.475 e. The SMILES string of the molecule is CC(C)C[C@H](NC(=O)[C@H](Cc1ccccc1)NC(=O)CN)C(=O)NCC(=O)N1CCC[C@@H]1C(=O)NCCCNc1cccc2c1C(=O)c1ccccc1C2=O.O=C(O)C(F)(F)F. The second kappa shape index (κ2) is 22.3. The van der Waals surface area contributed by atoms with Gasteiger partial charge in [0.2, 0.25) is 29.5 Å². The summed E-state index contributed by atoms with van der Waals surface area (Å²) in [6.45, 7) is 4.21. The van der Waals surface area contributed by atoms with Crippen molar-refractivity contribution in [2.45, 2.75) is 70.3 Å². The van der Waals surface area contributed by atoms with Gasteiger partial charge in [-0.2, -0.15) is 13.2 Å². The van der Waals surface area contributed by atoms with Gasteiger partial charge in [-0.05, 0) is 43.2 Å². The molecule has 5 rings (SSSR count). The number of likely N-dealkylation sites (tertiary alicyclic amines) is 1. The summed E-state index contributed by atoms with van der Waals surface area (Å²) in [5.41, 5.74) is 8.29. The Hall–Kier alpha value is -6.63. The van der Waals surface area contributed by atoms with E-state index in [0.717, 1.165) is 5.56 Å². The number of carboxylic acid groups (broad SMARTS) is 1. The number of nitrogens with one attached hydrogen (secondary N) is 5. The molecule has 5 amide bonds. The Balaban J connectivity index is 0.00000111. The zero-order chi connectivity index (χ0) is 45.6. The zero-order valence-electron chi connectivity index (χ0n) is 34.2. The lowest BCUT2D eigenvalue weighted by Gasteiger charge is -2.26. The molecule has 0 bridgehead atoms. The number of carbonyl (C=O) groups is 8. The quantitative estimate of drug-likeness (QED) is 0.0760. The first-order valence-corrected chi connectivity index (χ1v) is 20.0. The molecule has 1 aliphatic heterocycles. The molecule has 1 fully saturated rings. The number of nitrogens with zero attached hydrogens (tertiary/aromatic N) is 1. The van der Waals surface area contributed by atoms with Crippen LogP contribution in [0, 0.1) is 5.92 Å². The van der Waals surface area contributed by atoms with E-state index in [1.807, 2.05) is 44.2 Å². The average Bonchev–Trinajstić information content (AvgIpc) is 3.74. The van der Waals surface area contributed by atoms with Crippen LogP contribution >= 0.6 is 0 Å². The molecule has 1 aliphatic carbocycles. The second-order valence-electron chi connectivity index (χ2n) is 15.0. The summed E-state index contributed by atoms with van der Waals surface area (Å²) >= 11 is 0. The van der Waals surface area contributed by atoms with E-state index in [4.69, 9.17) is 15.6 Å². The van der Waals surface area contributed by atoms with E-state index in [1.165, 1.54) is 4.90 Å². The summed E-state index contributed by atoms with van der Waals surface area (Å²) in [7, 11) is 0.